The van der Waals surface area contributed by atoms with Crippen LogP contribution in [0.3, 0.4) is 0 Å². The van der Waals surface area contributed by atoms with Crippen LogP contribution in [-0.2, 0) is 0 Å². The van der Waals surface area contributed by atoms with E-state index in [4.69, 9.17) is 11.0 Å². The Morgan fingerprint density at radius 2 is 2.00 bits per heavy atom. The smallest absolute Gasteiger partial charge is 0.102 e. The van der Waals surface area contributed by atoms with Gasteiger partial charge in [-0.25, -0.2) is 0 Å². The minimum atomic E-state index is -0.679. The van der Waals surface area contributed by atoms with Crippen molar-refractivity contribution in [1.82, 2.24) is 9.80 Å². The largest absolute Gasteiger partial charge is 0.314 e. The molecule has 1 atom stereocenters. The predicted octanol–water partition coefficient (Wildman–Crippen LogP) is 0.645. The van der Waals surface area contributed by atoms with Gasteiger partial charge in [-0.15, -0.1) is 0 Å². The highest BCUT2D eigenvalue weighted by Crippen LogP contribution is 2.07. The molecule has 2 N–H and O–H groups in total. The van der Waals surface area contributed by atoms with E-state index in [1.54, 1.807) is 6.92 Å². The van der Waals surface area contributed by atoms with Crippen LogP contribution in [-0.4, -0.2) is 55.1 Å². The summed E-state index contributed by atoms with van der Waals surface area (Å²) in [6.45, 7) is 7.41. The lowest BCUT2D eigenvalue weighted by Crippen LogP contribution is -2.39. The number of likely N-dealkylation sites (N-methyl/N-ethyl adjacent to an activating group) is 1. The van der Waals surface area contributed by atoms with Gasteiger partial charge in [0.25, 0.3) is 0 Å². The van der Waals surface area contributed by atoms with Gasteiger partial charge in [-0.3, -0.25) is 0 Å². The summed E-state index contributed by atoms with van der Waals surface area (Å²) in [5, 5.41) is 8.81. The Morgan fingerprint density at radius 1 is 1.38 bits per heavy atom. The molecule has 1 aliphatic rings. The third kappa shape index (κ3) is 4.93. The topological polar surface area (TPSA) is 56.3 Å². The third-order valence-electron chi connectivity index (χ3n) is 3.26. The number of hydrogen-bond acceptors (Lipinski definition) is 4. The minimum absolute atomic E-state index is 0.679. The van der Waals surface area contributed by atoms with Crippen molar-refractivity contribution < 1.29 is 0 Å². The lowest BCUT2D eigenvalue weighted by molar-refractivity contribution is 0.247. The molecule has 4 heteroatoms. The maximum absolute atomic E-state index is 8.81. The van der Waals surface area contributed by atoms with Gasteiger partial charge in [0.15, 0.2) is 0 Å². The molecule has 1 heterocycles. The molecule has 0 spiro atoms. The van der Waals surface area contributed by atoms with Gasteiger partial charge in [0.2, 0.25) is 0 Å². The molecule has 0 aliphatic carbocycles. The molecule has 1 aliphatic heterocycles. The van der Waals surface area contributed by atoms with Crippen molar-refractivity contribution in [3.8, 4) is 6.07 Å². The molecular formula is C12H24N4. The SMILES string of the molecule is CN(CCN1CCCC1)CCC(C)(N)C#N. The molecule has 92 valence electrons. The first-order valence-corrected chi connectivity index (χ1v) is 6.14. The van der Waals surface area contributed by atoms with Crippen molar-refractivity contribution in [1.29, 1.82) is 5.26 Å². The third-order valence-corrected chi connectivity index (χ3v) is 3.26. The lowest BCUT2D eigenvalue weighted by Gasteiger charge is -2.23. The standard InChI is InChI=1S/C12H24N4/c1-12(14,11-13)5-8-15(2)9-10-16-6-3-4-7-16/h3-10,14H2,1-2H3. The second-order valence-corrected chi connectivity index (χ2v) is 5.13. The molecular weight excluding hydrogens is 200 g/mol. The fourth-order valence-electron chi connectivity index (χ4n) is 1.91. The highest BCUT2D eigenvalue weighted by molar-refractivity contribution is 5.00. The molecule has 1 saturated heterocycles. The van der Waals surface area contributed by atoms with Crippen molar-refractivity contribution in [3.05, 3.63) is 0 Å². The molecule has 0 amide bonds. The molecule has 1 fully saturated rings. The Morgan fingerprint density at radius 3 is 2.56 bits per heavy atom. The van der Waals surface area contributed by atoms with Crippen molar-refractivity contribution in [3.63, 3.8) is 0 Å². The number of likely N-dealkylation sites (tertiary alicyclic amines) is 1. The van der Waals surface area contributed by atoms with E-state index in [1.807, 2.05) is 0 Å². The summed E-state index contributed by atoms with van der Waals surface area (Å²) in [5.41, 5.74) is 5.11. The second kappa shape index (κ2) is 6.19. The predicted molar refractivity (Wildman–Crippen MR) is 66.0 cm³/mol. The Bertz CT molecular complexity index is 238. The van der Waals surface area contributed by atoms with E-state index in [0.29, 0.717) is 0 Å². The van der Waals surface area contributed by atoms with Crippen molar-refractivity contribution in [2.45, 2.75) is 31.7 Å². The maximum Gasteiger partial charge on any atom is 0.102 e. The number of hydrogen-bond donors (Lipinski definition) is 1. The number of nitrogens with zero attached hydrogens (tertiary/aromatic N) is 3. The lowest BCUT2D eigenvalue weighted by atomic mass is 10.0. The highest BCUT2D eigenvalue weighted by Gasteiger charge is 2.18. The molecule has 0 aromatic rings. The van der Waals surface area contributed by atoms with Crippen LogP contribution >= 0.6 is 0 Å². The molecule has 0 radical (unpaired) electrons. The van der Waals surface area contributed by atoms with Gasteiger partial charge in [0, 0.05) is 19.6 Å². The first-order valence-electron chi connectivity index (χ1n) is 6.14. The number of rotatable bonds is 6. The van der Waals surface area contributed by atoms with Gasteiger partial charge < -0.3 is 15.5 Å². The zero-order valence-corrected chi connectivity index (χ0v) is 10.6. The van der Waals surface area contributed by atoms with Crippen LogP contribution in [0.1, 0.15) is 26.2 Å². The van der Waals surface area contributed by atoms with Gasteiger partial charge in [-0.2, -0.15) is 5.26 Å². The quantitative estimate of drug-likeness (QED) is 0.719. The van der Waals surface area contributed by atoms with E-state index in [-0.39, 0.29) is 0 Å². The average molecular weight is 224 g/mol. The summed E-state index contributed by atoms with van der Waals surface area (Å²) >= 11 is 0. The molecule has 1 rings (SSSR count). The fraction of sp³-hybridized carbons (Fsp3) is 0.917. The summed E-state index contributed by atoms with van der Waals surface area (Å²) in [7, 11) is 2.10. The van der Waals surface area contributed by atoms with Gasteiger partial charge in [0.1, 0.15) is 5.54 Å². The van der Waals surface area contributed by atoms with Gasteiger partial charge in [-0.1, -0.05) is 0 Å². The Hall–Kier alpha value is -0.630. The van der Waals surface area contributed by atoms with Crippen LogP contribution < -0.4 is 5.73 Å². The van der Waals surface area contributed by atoms with E-state index < -0.39 is 5.54 Å². The van der Waals surface area contributed by atoms with Crippen LogP contribution in [0.2, 0.25) is 0 Å². The summed E-state index contributed by atoms with van der Waals surface area (Å²) in [6.07, 6.45) is 3.43. The molecule has 0 aromatic carbocycles. The molecule has 4 nitrogen and oxygen atoms in total. The summed E-state index contributed by atoms with van der Waals surface area (Å²) in [5.74, 6) is 0. The molecule has 16 heavy (non-hydrogen) atoms. The Kier molecular flexibility index (Phi) is 5.20. The fourth-order valence-corrected chi connectivity index (χ4v) is 1.91. The number of nitrogens with two attached hydrogens (primary N) is 1. The van der Waals surface area contributed by atoms with E-state index in [0.717, 1.165) is 26.1 Å². The second-order valence-electron chi connectivity index (χ2n) is 5.13. The van der Waals surface area contributed by atoms with E-state index >= 15 is 0 Å². The van der Waals surface area contributed by atoms with Crippen LogP contribution in [0.25, 0.3) is 0 Å². The van der Waals surface area contributed by atoms with E-state index in [9.17, 15) is 0 Å². The zero-order valence-electron chi connectivity index (χ0n) is 10.6. The molecule has 0 saturated carbocycles. The van der Waals surface area contributed by atoms with Crippen LogP contribution in [0.5, 0.6) is 0 Å². The highest BCUT2D eigenvalue weighted by atomic mass is 15.2. The van der Waals surface area contributed by atoms with Crippen molar-refractivity contribution in [2.24, 2.45) is 5.73 Å². The van der Waals surface area contributed by atoms with Crippen molar-refractivity contribution in [2.75, 3.05) is 39.8 Å². The monoisotopic (exact) mass is 224 g/mol. The Balaban J connectivity index is 2.11. The van der Waals surface area contributed by atoms with Crippen LogP contribution in [0.15, 0.2) is 0 Å². The Labute approximate surface area is 99.0 Å². The summed E-state index contributed by atoms with van der Waals surface area (Å²) in [6, 6.07) is 2.13. The average Bonchev–Trinajstić information content (AvgIpc) is 2.76. The van der Waals surface area contributed by atoms with Crippen molar-refractivity contribution >= 4 is 0 Å². The summed E-state index contributed by atoms with van der Waals surface area (Å²) in [4.78, 5) is 4.77. The first-order chi connectivity index (χ1) is 7.53. The first kappa shape index (κ1) is 13.4. The molecule has 0 aromatic heterocycles. The van der Waals surface area contributed by atoms with Gasteiger partial charge in [0.05, 0.1) is 6.07 Å². The normalized spacial score (nSPS) is 20.9. The van der Waals surface area contributed by atoms with E-state index in [2.05, 4.69) is 22.9 Å². The molecule has 0 bridgehead atoms. The minimum Gasteiger partial charge on any atom is -0.314 e. The maximum atomic E-state index is 8.81. The number of nitriles is 1. The van der Waals surface area contributed by atoms with Crippen LogP contribution in [0.4, 0.5) is 0 Å². The summed E-state index contributed by atoms with van der Waals surface area (Å²) < 4.78 is 0. The van der Waals surface area contributed by atoms with E-state index in [1.165, 1.54) is 25.9 Å². The molecule has 1 unspecified atom stereocenters. The van der Waals surface area contributed by atoms with Gasteiger partial charge in [-0.05, 0) is 46.3 Å². The zero-order chi connectivity index (χ0) is 12.0. The van der Waals surface area contributed by atoms with Crippen LogP contribution in [0, 0.1) is 11.3 Å². The van der Waals surface area contributed by atoms with Gasteiger partial charge >= 0.3 is 0 Å².